The molecule has 9 heteroatoms. The van der Waals surface area contributed by atoms with Gasteiger partial charge in [-0.15, -0.1) is 0 Å². The number of benzene rings is 1. The van der Waals surface area contributed by atoms with E-state index in [0.717, 1.165) is 24.8 Å². The van der Waals surface area contributed by atoms with Crippen LogP contribution in [-0.4, -0.2) is 36.1 Å². The van der Waals surface area contributed by atoms with Crippen molar-refractivity contribution in [2.45, 2.75) is 52.6 Å². The van der Waals surface area contributed by atoms with Gasteiger partial charge in [0.15, 0.2) is 0 Å². The number of halogens is 3. The third kappa shape index (κ3) is 8.71. The first-order chi connectivity index (χ1) is 15.9. The minimum atomic E-state index is -3.02. The summed E-state index contributed by atoms with van der Waals surface area (Å²) in [6.45, 7) is 7.24. The van der Waals surface area contributed by atoms with Gasteiger partial charge in [0, 0.05) is 29.1 Å². The first-order valence-electron chi connectivity index (χ1n) is 11.4. The number of carbonyl (C=O) groups excluding carboxylic acids is 1. The lowest BCUT2D eigenvalue weighted by Crippen LogP contribution is -2.36. The van der Waals surface area contributed by atoms with Crippen LogP contribution in [0, 0.1) is 23.1 Å². The molecule has 0 spiro atoms. The fourth-order valence-corrected chi connectivity index (χ4v) is 3.33. The average Bonchev–Trinajstić information content (AvgIpc) is 3.60. The van der Waals surface area contributed by atoms with Crippen LogP contribution in [-0.2, 0) is 4.79 Å². The molecule has 3 N–H and O–H groups in total. The number of alkyl halides is 2. The molecule has 1 aromatic rings. The Hall–Kier alpha value is -2.47. The van der Waals surface area contributed by atoms with Gasteiger partial charge < -0.3 is 16.0 Å². The van der Waals surface area contributed by atoms with Crippen molar-refractivity contribution >= 4 is 32.3 Å². The molecule has 1 aliphatic carbocycles. The van der Waals surface area contributed by atoms with E-state index in [0.29, 0.717) is 17.0 Å². The number of amides is 1. The van der Waals surface area contributed by atoms with Crippen molar-refractivity contribution in [3.8, 4) is 0 Å². The van der Waals surface area contributed by atoms with Gasteiger partial charge >= 0.3 is 0 Å². The molecule has 5 nitrogen and oxygen atoms in total. The van der Waals surface area contributed by atoms with E-state index < -0.39 is 18.1 Å². The lowest BCUT2D eigenvalue weighted by atomic mass is 10.0. The van der Waals surface area contributed by atoms with Gasteiger partial charge in [0.25, 0.3) is 11.6 Å². The van der Waals surface area contributed by atoms with Crippen LogP contribution in [0.15, 0.2) is 46.6 Å². The summed E-state index contributed by atoms with van der Waals surface area (Å²) in [4.78, 5) is 17.8. The molecule has 1 aromatic carbocycles. The van der Waals surface area contributed by atoms with Crippen LogP contribution in [0.25, 0.3) is 5.70 Å². The van der Waals surface area contributed by atoms with Crippen molar-refractivity contribution in [2.24, 2.45) is 16.8 Å². The Labute approximate surface area is 202 Å². The number of carbonyl (C=O) groups is 1. The summed E-state index contributed by atoms with van der Waals surface area (Å²) in [5, 5.41) is 13.6. The molecule has 186 valence electrons. The van der Waals surface area contributed by atoms with E-state index in [9.17, 15) is 18.0 Å². The number of allylic oxidation sites excluding steroid dienone is 1. The predicted molar refractivity (Wildman–Crippen MR) is 136 cm³/mol. The van der Waals surface area contributed by atoms with E-state index >= 15 is 0 Å². The smallest absolute Gasteiger partial charge is 0.275 e. The predicted octanol–water partition coefficient (Wildman–Crippen LogP) is 5.55. The van der Waals surface area contributed by atoms with Crippen LogP contribution >= 0.6 is 9.24 Å². The van der Waals surface area contributed by atoms with Gasteiger partial charge in [0.05, 0.1) is 24.4 Å². The molecule has 2 unspecified atom stereocenters. The molecule has 1 amide bonds. The van der Waals surface area contributed by atoms with Crippen LogP contribution in [0.4, 0.5) is 13.2 Å². The third-order valence-corrected chi connectivity index (χ3v) is 5.75. The Morgan fingerprint density at radius 2 is 2.03 bits per heavy atom. The maximum absolute atomic E-state index is 13.8. The molecule has 1 fully saturated rings. The molecule has 2 rings (SSSR count). The molecule has 1 aliphatic rings. The van der Waals surface area contributed by atoms with Crippen molar-refractivity contribution in [3.63, 3.8) is 0 Å². The van der Waals surface area contributed by atoms with Crippen LogP contribution in [0.3, 0.4) is 0 Å². The summed E-state index contributed by atoms with van der Waals surface area (Å²) in [6.07, 6.45) is 3.59. The zero-order valence-electron chi connectivity index (χ0n) is 20.1. The molecule has 0 saturated heterocycles. The van der Waals surface area contributed by atoms with Gasteiger partial charge in [-0.3, -0.25) is 9.79 Å². The quantitative estimate of drug-likeness (QED) is 0.202. The summed E-state index contributed by atoms with van der Waals surface area (Å²) >= 11 is 0. The van der Waals surface area contributed by atoms with Crippen molar-refractivity contribution in [3.05, 3.63) is 53.0 Å². The highest BCUT2D eigenvalue weighted by Gasteiger charge is 2.31. The van der Waals surface area contributed by atoms with E-state index in [-0.39, 0.29) is 35.5 Å². The van der Waals surface area contributed by atoms with Crippen molar-refractivity contribution in [2.75, 3.05) is 13.1 Å². The lowest BCUT2D eigenvalue weighted by molar-refractivity contribution is -0.116. The topological polar surface area (TPSA) is 77.3 Å². The number of rotatable bonds is 12. The van der Waals surface area contributed by atoms with E-state index in [2.05, 4.69) is 10.6 Å². The molecular weight excluding hydrogens is 460 g/mol. The number of nitrogens with zero attached hydrogens (tertiary/aromatic N) is 1. The Balaban J connectivity index is 2.26. The highest BCUT2D eigenvalue weighted by atomic mass is 31.0. The first-order valence-corrected chi connectivity index (χ1v) is 12.0. The zero-order chi connectivity index (χ0) is 25.5. The number of nitrogens with one attached hydrogen (secondary N) is 3. The van der Waals surface area contributed by atoms with E-state index in [4.69, 9.17) is 10.4 Å². The van der Waals surface area contributed by atoms with Crippen molar-refractivity contribution < 1.29 is 18.0 Å². The molecule has 0 radical (unpaired) electrons. The van der Waals surface area contributed by atoms with Crippen LogP contribution < -0.4 is 10.6 Å². The van der Waals surface area contributed by atoms with Crippen molar-refractivity contribution in [1.82, 2.24) is 10.6 Å². The minimum absolute atomic E-state index is 0.0248. The van der Waals surface area contributed by atoms with Gasteiger partial charge in [-0.2, -0.15) is 0 Å². The lowest BCUT2D eigenvalue weighted by Gasteiger charge is -2.17. The Morgan fingerprint density at radius 1 is 1.35 bits per heavy atom. The fraction of sp³-hybridized carbons (Fsp3) is 0.480. The highest BCUT2D eigenvalue weighted by molar-refractivity contribution is 7.18. The summed E-state index contributed by atoms with van der Waals surface area (Å²) in [6, 6.07) is 6.20. The third-order valence-electron chi connectivity index (χ3n) is 5.54. The average molecular weight is 495 g/mol. The van der Waals surface area contributed by atoms with Crippen LogP contribution in [0.2, 0.25) is 0 Å². The molecule has 0 bridgehead atoms. The standard InChI is InChI=1S/C25H34F3N4OP/c1-5-16(4)21(32-23(15(2)3)18-7-6-8-19(26)11-18)13-31-24(33)20(22(29)17-9-10-17)12-30-14-25(27,28)34/h6-8,11-12,16-17,29-30H,5,9-10,13-14,34H2,1-4H3,(H,31,33)/b20-12+,29-22?,32-21-. The van der Waals surface area contributed by atoms with E-state index in [1.807, 2.05) is 27.7 Å². The number of hydrogen-bond donors (Lipinski definition) is 3. The zero-order valence-corrected chi connectivity index (χ0v) is 21.3. The van der Waals surface area contributed by atoms with Gasteiger partial charge in [-0.1, -0.05) is 40.8 Å². The summed E-state index contributed by atoms with van der Waals surface area (Å²) in [7, 11) is 1.44. The molecule has 34 heavy (non-hydrogen) atoms. The van der Waals surface area contributed by atoms with Gasteiger partial charge in [0.1, 0.15) is 5.82 Å². The molecule has 0 heterocycles. The summed E-state index contributed by atoms with van der Waals surface area (Å²) in [5.41, 5.74) is 0.0558. The van der Waals surface area contributed by atoms with Gasteiger partial charge in [0.2, 0.25) is 0 Å². The Morgan fingerprint density at radius 3 is 2.56 bits per heavy atom. The molecule has 0 aromatic heterocycles. The van der Waals surface area contributed by atoms with E-state index in [1.54, 1.807) is 12.1 Å². The normalized spacial score (nSPS) is 15.5. The fourth-order valence-electron chi connectivity index (χ4n) is 3.22. The largest absolute Gasteiger partial charge is 0.384 e. The second kappa shape index (κ2) is 12.3. The highest BCUT2D eigenvalue weighted by Crippen LogP contribution is 2.32. The second-order valence-corrected chi connectivity index (χ2v) is 9.69. The maximum Gasteiger partial charge on any atom is 0.275 e. The minimum Gasteiger partial charge on any atom is -0.384 e. The monoisotopic (exact) mass is 494 g/mol. The summed E-state index contributed by atoms with van der Waals surface area (Å²) < 4.78 is 40.1. The van der Waals surface area contributed by atoms with Crippen LogP contribution in [0.5, 0.6) is 0 Å². The Bertz CT molecular complexity index is 990. The molecular formula is C25H34F3N4OP. The Kier molecular flexibility index (Phi) is 10.0. The molecule has 0 aliphatic heterocycles. The van der Waals surface area contributed by atoms with E-state index in [1.165, 1.54) is 27.6 Å². The second-order valence-electron chi connectivity index (χ2n) is 8.84. The maximum atomic E-state index is 13.8. The number of hydrogen-bond acceptors (Lipinski definition) is 4. The van der Waals surface area contributed by atoms with Crippen molar-refractivity contribution in [1.29, 1.82) is 5.41 Å². The summed E-state index contributed by atoms with van der Waals surface area (Å²) in [5.74, 6) is -0.866. The van der Waals surface area contributed by atoms with Gasteiger partial charge in [-0.25, -0.2) is 13.2 Å². The first kappa shape index (κ1) is 27.8. The number of aliphatic imine (C=N–C) groups is 1. The van der Waals surface area contributed by atoms with Crippen LogP contribution in [0.1, 0.15) is 52.5 Å². The SMILES string of the molecule is CCC(C)/C(CNC(=O)/C(=C/NCC(F)(F)P)C(=N)C1CC1)=N\C(=C(C)C)c1cccc(F)c1. The van der Waals surface area contributed by atoms with Gasteiger partial charge in [-0.05, 0) is 51.2 Å². The molecule has 1 saturated carbocycles. The molecule has 2 atom stereocenters.